The van der Waals surface area contributed by atoms with E-state index in [9.17, 15) is 4.79 Å². The molecule has 3 rings (SSSR count). The normalized spacial score (nSPS) is 26.7. The summed E-state index contributed by atoms with van der Waals surface area (Å²) < 4.78 is 0. The highest BCUT2D eigenvalue weighted by atomic mass is 32.2. The Morgan fingerprint density at radius 1 is 1.16 bits per heavy atom. The highest BCUT2D eigenvalue weighted by molar-refractivity contribution is 8.14. The zero-order valence-corrected chi connectivity index (χ0v) is 16.3. The first kappa shape index (κ1) is 18.3. The molecule has 136 valence electrons. The topological polar surface area (TPSA) is 35.9 Å². The summed E-state index contributed by atoms with van der Waals surface area (Å²) in [4.78, 5) is 21.6. The van der Waals surface area contributed by atoms with Gasteiger partial charge in [-0.1, -0.05) is 55.6 Å². The Balaban J connectivity index is 1.83. The van der Waals surface area contributed by atoms with Gasteiger partial charge in [-0.25, -0.2) is 0 Å². The number of amidine groups is 1. The summed E-state index contributed by atoms with van der Waals surface area (Å²) in [5.74, 6) is 0.0752. The van der Waals surface area contributed by atoms with Crippen LogP contribution in [0.15, 0.2) is 35.3 Å². The molecule has 1 heterocycles. The highest BCUT2D eigenvalue weighted by Gasteiger charge is 2.40. The summed E-state index contributed by atoms with van der Waals surface area (Å²) in [7, 11) is 2.08. The van der Waals surface area contributed by atoms with Crippen molar-refractivity contribution in [2.45, 2.75) is 69.8 Å². The number of carbonyl (C=O) groups is 1. The van der Waals surface area contributed by atoms with Crippen LogP contribution < -0.4 is 4.90 Å². The fraction of sp³-hybridized carbons (Fsp3) is 0.600. The number of carbonyl (C=O) groups excluding carboxylic acids is 1. The van der Waals surface area contributed by atoms with E-state index in [1.54, 1.807) is 18.7 Å². The van der Waals surface area contributed by atoms with Gasteiger partial charge in [0, 0.05) is 24.9 Å². The molecule has 1 saturated carbocycles. The number of nitrogens with zero attached hydrogens (tertiary/aromatic N) is 3. The average Bonchev–Trinajstić information content (AvgIpc) is 2.79. The lowest BCUT2D eigenvalue weighted by Gasteiger charge is -2.35. The summed E-state index contributed by atoms with van der Waals surface area (Å²) in [6.07, 6.45) is 7.68. The third kappa shape index (κ3) is 4.20. The van der Waals surface area contributed by atoms with Gasteiger partial charge in [0.05, 0.1) is 6.04 Å². The quantitative estimate of drug-likeness (QED) is 0.745. The van der Waals surface area contributed by atoms with E-state index in [4.69, 9.17) is 4.99 Å². The van der Waals surface area contributed by atoms with Gasteiger partial charge in [0.1, 0.15) is 6.17 Å². The lowest BCUT2D eigenvalue weighted by molar-refractivity contribution is -0.117. The van der Waals surface area contributed by atoms with Crippen molar-refractivity contribution in [3.63, 3.8) is 0 Å². The van der Waals surface area contributed by atoms with E-state index in [0.717, 1.165) is 10.9 Å². The predicted molar refractivity (Wildman–Crippen MR) is 107 cm³/mol. The number of aliphatic imine (C=N–C) groups is 1. The maximum Gasteiger partial charge on any atom is 0.225 e. The van der Waals surface area contributed by atoms with Crippen LogP contribution in [-0.2, 0) is 4.79 Å². The minimum atomic E-state index is 0.00873. The molecule has 0 N–H and O–H groups in total. The SMILES string of the molecule is CC(=O)N(c1ccccc1)C1C(C)SC(=NC2CCCCCC2)N1C. The van der Waals surface area contributed by atoms with Gasteiger partial charge in [0.25, 0.3) is 0 Å². The number of anilines is 1. The van der Waals surface area contributed by atoms with E-state index in [1.165, 1.54) is 38.5 Å². The van der Waals surface area contributed by atoms with Gasteiger partial charge in [-0.2, -0.15) is 0 Å². The molecule has 4 nitrogen and oxygen atoms in total. The summed E-state index contributed by atoms with van der Waals surface area (Å²) in [5, 5.41) is 1.38. The van der Waals surface area contributed by atoms with Crippen molar-refractivity contribution < 1.29 is 4.79 Å². The third-order valence-corrected chi connectivity index (χ3v) is 6.38. The smallest absolute Gasteiger partial charge is 0.225 e. The number of hydrogen-bond acceptors (Lipinski definition) is 3. The molecule has 2 unspecified atom stereocenters. The van der Waals surface area contributed by atoms with Crippen LogP contribution in [-0.4, -0.2) is 40.5 Å². The number of hydrogen-bond donors (Lipinski definition) is 0. The predicted octanol–water partition coefficient (Wildman–Crippen LogP) is 4.51. The van der Waals surface area contributed by atoms with E-state index in [1.807, 2.05) is 35.2 Å². The summed E-state index contributed by atoms with van der Waals surface area (Å²) in [6.45, 7) is 3.85. The van der Waals surface area contributed by atoms with E-state index < -0.39 is 0 Å². The highest BCUT2D eigenvalue weighted by Crippen LogP contribution is 2.35. The Morgan fingerprint density at radius 2 is 1.80 bits per heavy atom. The molecule has 2 fully saturated rings. The van der Waals surface area contributed by atoms with Crippen molar-refractivity contribution in [1.29, 1.82) is 0 Å². The summed E-state index contributed by atoms with van der Waals surface area (Å²) in [6, 6.07) is 10.4. The molecule has 1 saturated heterocycles. The first-order chi connectivity index (χ1) is 12.1. The molecule has 0 bridgehead atoms. The fourth-order valence-corrected chi connectivity index (χ4v) is 5.14. The minimum absolute atomic E-state index is 0.00873. The van der Waals surface area contributed by atoms with Crippen LogP contribution in [0.1, 0.15) is 52.4 Å². The van der Waals surface area contributed by atoms with Gasteiger partial charge in [-0.05, 0) is 31.9 Å². The maximum absolute atomic E-state index is 12.4. The molecule has 0 aromatic heterocycles. The van der Waals surface area contributed by atoms with Crippen LogP contribution in [0.4, 0.5) is 5.69 Å². The second-order valence-electron chi connectivity index (χ2n) is 7.13. The minimum Gasteiger partial charge on any atom is -0.333 e. The molecule has 1 aliphatic heterocycles. The fourth-order valence-electron chi connectivity index (χ4n) is 3.90. The van der Waals surface area contributed by atoms with Crippen molar-refractivity contribution in [3.05, 3.63) is 30.3 Å². The molecule has 1 aromatic carbocycles. The van der Waals surface area contributed by atoms with Crippen molar-refractivity contribution in [2.24, 2.45) is 4.99 Å². The monoisotopic (exact) mass is 359 g/mol. The van der Waals surface area contributed by atoms with Crippen LogP contribution in [0.25, 0.3) is 0 Å². The largest absolute Gasteiger partial charge is 0.333 e. The zero-order valence-electron chi connectivity index (χ0n) is 15.5. The van der Waals surface area contributed by atoms with Gasteiger partial charge in [0.2, 0.25) is 5.91 Å². The molecule has 1 aromatic rings. The van der Waals surface area contributed by atoms with Gasteiger partial charge in [-0.3, -0.25) is 14.7 Å². The van der Waals surface area contributed by atoms with Gasteiger partial charge in [-0.15, -0.1) is 0 Å². The molecule has 0 radical (unpaired) electrons. The number of benzene rings is 1. The van der Waals surface area contributed by atoms with Crippen LogP contribution in [0.5, 0.6) is 0 Å². The molecular weight excluding hydrogens is 330 g/mol. The number of para-hydroxylation sites is 1. The summed E-state index contributed by atoms with van der Waals surface area (Å²) in [5.41, 5.74) is 0.954. The number of rotatable bonds is 3. The Labute approximate surface area is 155 Å². The van der Waals surface area contributed by atoms with E-state index in [-0.39, 0.29) is 12.1 Å². The van der Waals surface area contributed by atoms with E-state index >= 15 is 0 Å². The van der Waals surface area contributed by atoms with Gasteiger partial charge < -0.3 is 4.90 Å². The second-order valence-corrected chi connectivity index (χ2v) is 8.47. The molecule has 2 atom stereocenters. The molecule has 2 aliphatic rings. The van der Waals surface area contributed by atoms with Gasteiger partial charge in [0.15, 0.2) is 5.17 Å². The molecule has 25 heavy (non-hydrogen) atoms. The Bertz CT molecular complexity index is 611. The molecule has 1 amide bonds. The molecule has 5 heteroatoms. The number of amides is 1. The molecular formula is C20H29N3OS. The first-order valence-electron chi connectivity index (χ1n) is 9.40. The van der Waals surface area contributed by atoms with Crippen molar-refractivity contribution in [1.82, 2.24) is 4.90 Å². The van der Waals surface area contributed by atoms with E-state index in [2.05, 4.69) is 18.9 Å². The van der Waals surface area contributed by atoms with Crippen LogP contribution in [0.3, 0.4) is 0 Å². The average molecular weight is 360 g/mol. The number of thioether (sulfide) groups is 1. The maximum atomic E-state index is 12.4. The standard InChI is InChI=1S/C20H29N3OS/c1-15-19(23(16(2)24)18-13-9-6-10-14-18)22(3)20(25-15)21-17-11-7-4-5-8-12-17/h6,9-10,13-15,17,19H,4-5,7-8,11-12H2,1-3H3. The first-order valence-corrected chi connectivity index (χ1v) is 10.3. The lowest BCUT2D eigenvalue weighted by atomic mass is 10.1. The Morgan fingerprint density at radius 3 is 2.40 bits per heavy atom. The Kier molecular flexibility index (Phi) is 6.05. The van der Waals surface area contributed by atoms with Crippen LogP contribution in [0, 0.1) is 0 Å². The van der Waals surface area contributed by atoms with Crippen LogP contribution in [0.2, 0.25) is 0 Å². The second kappa shape index (κ2) is 8.26. The third-order valence-electron chi connectivity index (χ3n) is 5.17. The molecule has 0 spiro atoms. The van der Waals surface area contributed by atoms with Gasteiger partial charge >= 0.3 is 0 Å². The Hall–Kier alpha value is -1.49. The summed E-state index contributed by atoms with van der Waals surface area (Å²) >= 11 is 1.80. The van der Waals surface area contributed by atoms with Crippen LogP contribution >= 0.6 is 11.8 Å². The van der Waals surface area contributed by atoms with Crippen molar-refractivity contribution in [3.8, 4) is 0 Å². The van der Waals surface area contributed by atoms with Crippen molar-refractivity contribution in [2.75, 3.05) is 11.9 Å². The lowest BCUT2D eigenvalue weighted by Crippen LogP contribution is -2.50. The van der Waals surface area contributed by atoms with E-state index in [0.29, 0.717) is 11.3 Å². The zero-order chi connectivity index (χ0) is 17.8. The van der Waals surface area contributed by atoms with Crippen molar-refractivity contribution >= 4 is 28.5 Å². The molecule has 1 aliphatic carbocycles.